The molecule has 1 aliphatic carbocycles. The van der Waals surface area contributed by atoms with Crippen molar-refractivity contribution in [1.29, 1.82) is 0 Å². The molecule has 0 saturated heterocycles. The van der Waals surface area contributed by atoms with Gasteiger partial charge in [-0.3, -0.25) is 4.79 Å². The van der Waals surface area contributed by atoms with Crippen LogP contribution in [0.4, 0.5) is 0 Å². The smallest absolute Gasteiger partial charge is 0.317 e. The minimum atomic E-state index is -0.407. The van der Waals surface area contributed by atoms with Gasteiger partial charge in [-0.2, -0.15) is 0 Å². The van der Waals surface area contributed by atoms with E-state index in [4.69, 9.17) is 4.74 Å². The van der Waals surface area contributed by atoms with Crippen molar-refractivity contribution in [2.24, 2.45) is 0 Å². The van der Waals surface area contributed by atoms with Crippen LogP contribution in [-0.2, 0) is 14.9 Å². The van der Waals surface area contributed by atoms with Crippen molar-refractivity contribution in [1.82, 2.24) is 0 Å². The van der Waals surface area contributed by atoms with E-state index in [1.54, 1.807) is 0 Å². The number of rotatable bonds is 2. The summed E-state index contributed by atoms with van der Waals surface area (Å²) in [5.74, 6) is -0.0776. The largest absolute Gasteiger partial charge is 0.459 e. The molecular formula is C14H17IO2. The maximum atomic E-state index is 12.2. The van der Waals surface area contributed by atoms with Gasteiger partial charge >= 0.3 is 5.97 Å². The SMILES string of the molecule is CC(C)(C)OC(=O)C1(c2ccc(I)cc2)CC1. The second-order valence-corrected chi connectivity index (χ2v) is 6.84. The molecule has 3 heteroatoms. The molecule has 1 fully saturated rings. The van der Waals surface area contributed by atoms with Crippen molar-refractivity contribution in [3.05, 3.63) is 33.4 Å². The van der Waals surface area contributed by atoms with Crippen molar-refractivity contribution in [3.8, 4) is 0 Å². The predicted octanol–water partition coefficient (Wildman–Crippen LogP) is 3.66. The average Bonchev–Trinajstić information content (AvgIpc) is 2.97. The van der Waals surface area contributed by atoms with Gasteiger partial charge in [-0.05, 0) is 73.9 Å². The molecule has 92 valence electrons. The van der Waals surface area contributed by atoms with Gasteiger partial charge in [-0.1, -0.05) is 12.1 Å². The van der Waals surface area contributed by atoms with E-state index in [2.05, 4.69) is 22.6 Å². The molecule has 0 unspecified atom stereocenters. The summed E-state index contributed by atoms with van der Waals surface area (Å²) in [6.07, 6.45) is 1.81. The first kappa shape index (κ1) is 12.9. The maximum Gasteiger partial charge on any atom is 0.317 e. The Bertz CT molecular complexity index is 425. The Labute approximate surface area is 116 Å². The van der Waals surface area contributed by atoms with Crippen LogP contribution in [0.15, 0.2) is 24.3 Å². The third-order valence-corrected chi connectivity index (χ3v) is 3.66. The Balaban J connectivity index is 2.20. The molecule has 2 nitrogen and oxygen atoms in total. The first-order valence-corrected chi connectivity index (χ1v) is 6.91. The molecule has 0 aromatic heterocycles. The van der Waals surface area contributed by atoms with E-state index in [0.29, 0.717) is 0 Å². The number of carbonyl (C=O) groups excluding carboxylic acids is 1. The molecule has 0 heterocycles. The predicted molar refractivity (Wildman–Crippen MR) is 75.9 cm³/mol. The molecule has 1 saturated carbocycles. The van der Waals surface area contributed by atoms with Gasteiger partial charge in [-0.25, -0.2) is 0 Å². The Kier molecular flexibility index (Phi) is 3.23. The summed E-state index contributed by atoms with van der Waals surface area (Å²) in [6.45, 7) is 5.73. The molecule has 0 radical (unpaired) electrons. The Hall–Kier alpha value is -0.580. The summed E-state index contributed by atoms with van der Waals surface area (Å²) in [5, 5.41) is 0. The molecule has 0 bridgehead atoms. The molecule has 0 spiro atoms. The van der Waals surface area contributed by atoms with E-state index in [9.17, 15) is 4.79 Å². The third-order valence-electron chi connectivity index (χ3n) is 2.94. The van der Waals surface area contributed by atoms with Crippen LogP contribution in [0.2, 0.25) is 0 Å². The highest BCUT2D eigenvalue weighted by atomic mass is 127. The molecule has 1 aromatic rings. The number of benzene rings is 1. The van der Waals surface area contributed by atoms with Crippen molar-refractivity contribution in [2.45, 2.75) is 44.6 Å². The lowest BCUT2D eigenvalue weighted by atomic mass is 9.96. The molecule has 0 atom stereocenters. The summed E-state index contributed by atoms with van der Waals surface area (Å²) in [5.41, 5.74) is 0.320. The highest BCUT2D eigenvalue weighted by molar-refractivity contribution is 14.1. The summed E-state index contributed by atoms with van der Waals surface area (Å²) >= 11 is 2.27. The zero-order valence-electron chi connectivity index (χ0n) is 10.4. The Morgan fingerprint density at radius 3 is 2.18 bits per heavy atom. The lowest BCUT2D eigenvalue weighted by molar-refractivity contribution is -0.158. The van der Waals surface area contributed by atoms with Crippen LogP contribution in [0.3, 0.4) is 0 Å². The fourth-order valence-electron chi connectivity index (χ4n) is 1.88. The van der Waals surface area contributed by atoms with Crippen LogP contribution >= 0.6 is 22.6 Å². The van der Waals surface area contributed by atoms with Crippen LogP contribution in [0, 0.1) is 3.57 Å². The first-order valence-electron chi connectivity index (χ1n) is 5.83. The van der Waals surface area contributed by atoms with E-state index in [1.807, 2.05) is 45.0 Å². The second kappa shape index (κ2) is 4.26. The van der Waals surface area contributed by atoms with E-state index in [-0.39, 0.29) is 11.4 Å². The number of ether oxygens (including phenoxy) is 1. The number of esters is 1. The van der Waals surface area contributed by atoms with Crippen LogP contribution in [0.25, 0.3) is 0 Å². The van der Waals surface area contributed by atoms with Gasteiger partial charge in [0.15, 0.2) is 0 Å². The quantitative estimate of drug-likeness (QED) is 0.605. The van der Waals surface area contributed by atoms with Crippen molar-refractivity contribution in [3.63, 3.8) is 0 Å². The lowest BCUT2D eigenvalue weighted by Crippen LogP contribution is -2.31. The van der Waals surface area contributed by atoms with E-state index in [0.717, 1.165) is 18.4 Å². The van der Waals surface area contributed by atoms with Gasteiger partial charge in [0.25, 0.3) is 0 Å². The fraction of sp³-hybridized carbons (Fsp3) is 0.500. The average molecular weight is 344 g/mol. The Morgan fingerprint density at radius 1 is 1.24 bits per heavy atom. The number of carbonyl (C=O) groups is 1. The minimum Gasteiger partial charge on any atom is -0.459 e. The van der Waals surface area contributed by atoms with Gasteiger partial charge in [0.2, 0.25) is 0 Å². The van der Waals surface area contributed by atoms with Gasteiger partial charge in [0.1, 0.15) is 5.60 Å². The number of hydrogen-bond donors (Lipinski definition) is 0. The first-order chi connectivity index (χ1) is 7.83. The van der Waals surface area contributed by atoms with Crippen LogP contribution in [-0.4, -0.2) is 11.6 Å². The van der Waals surface area contributed by atoms with Crippen LogP contribution in [0.5, 0.6) is 0 Å². The lowest BCUT2D eigenvalue weighted by Gasteiger charge is -2.24. The van der Waals surface area contributed by atoms with Crippen LogP contribution < -0.4 is 0 Å². The highest BCUT2D eigenvalue weighted by Gasteiger charge is 2.53. The maximum absolute atomic E-state index is 12.2. The second-order valence-electron chi connectivity index (χ2n) is 5.59. The zero-order chi connectivity index (χ0) is 12.7. The molecule has 0 N–H and O–H groups in total. The summed E-state index contributed by atoms with van der Waals surface area (Å²) in [7, 11) is 0. The van der Waals surface area contributed by atoms with Gasteiger partial charge in [0.05, 0.1) is 5.41 Å². The molecule has 1 aromatic carbocycles. The summed E-state index contributed by atoms with van der Waals surface area (Å²) in [4.78, 5) is 12.2. The fourth-order valence-corrected chi connectivity index (χ4v) is 2.24. The van der Waals surface area contributed by atoms with Gasteiger partial charge in [0, 0.05) is 3.57 Å². The van der Waals surface area contributed by atoms with Crippen molar-refractivity contribution in [2.75, 3.05) is 0 Å². The van der Waals surface area contributed by atoms with Crippen molar-refractivity contribution < 1.29 is 9.53 Å². The zero-order valence-corrected chi connectivity index (χ0v) is 12.6. The normalized spacial score (nSPS) is 17.6. The molecule has 0 aliphatic heterocycles. The van der Waals surface area contributed by atoms with E-state index in [1.165, 1.54) is 3.57 Å². The van der Waals surface area contributed by atoms with E-state index < -0.39 is 5.60 Å². The molecule has 1 aliphatic rings. The number of hydrogen-bond acceptors (Lipinski definition) is 2. The minimum absolute atomic E-state index is 0.0776. The molecule has 0 amide bonds. The molecule has 2 rings (SSSR count). The third kappa shape index (κ3) is 2.81. The van der Waals surface area contributed by atoms with Crippen LogP contribution in [0.1, 0.15) is 39.2 Å². The molecule has 17 heavy (non-hydrogen) atoms. The monoisotopic (exact) mass is 344 g/mol. The highest BCUT2D eigenvalue weighted by Crippen LogP contribution is 2.49. The topological polar surface area (TPSA) is 26.3 Å². The summed E-state index contributed by atoms with van der Waals surface area (Å²) in [6, 6.07) is 8.16. The van der Waals surface area contributed by atoms with Crippen molar-refractivity contribution >= 4 is 28.6 Å². The Morgan fingerprint density at radius 2 is 1.76 bits per heavy atom. The summed E-state index contributed by atoms with van der Waals surface area (Å²) < 4.78 is 6.70. The van der Waals surface area contributed by atoms with Gasteiger partial charge in [-0.15, -0.1) is 0 Å². The standard InChI is InChI=1S/C14H17IO2/c1-13(2,3)17-12(16)14(8-9-14)10-4-6-11(15)7-5-10/h4-7H,8-9H2,1-3H3. The molecular weight excluding hydrogens is 327 g/mol. The number of halogens is 1. The van der Waals surface area contributed by atoms with Gasteiger partial charge < -0.3 is 4.74 Å². The van der Waals surface area contributed by atoms with E-state index >= 15 is 0 Å².